The van der Waals surface area contributed by atoms with Gasteiger partial charge in [0.2, 0.25) is 0 Å². The van der Waals surface area contributed by atoms with Crippen molar-refractivity contribution < 1.29 is 4.74 Å². The molecule has 17 heavy (non-hydrogen) atoms. The summed E-state index contributed by atoms with van der Waals surface area (Å²) in [6, 6.07) is 1.95. The van der Waals surface area contributed by atoms with Gasteiger partial charge in [-0.05, 0) is 37.3 Å². The minimum atomic E-state index is 0.593. The Morgan fingerprint density at radius 2 is 2.41 bits per heavy atom. The van der Waals surface area contributed by atoms with Gasteiger partial charge < -0.3 is 15.4 Å². The Labute approximate surface area is 103 Å². The fourth-order valence-electron chi connectivity index (χ4n) is 2.44. The average Bonchev–Trinajstić information content (AvgIpc) is 2.33. The van der Waals surface area contributed by atoms with Gasteiger partial charge in [0.1, 0.15) is 0 Å². The number of ether oxygens (including phenoxy) is 1. The fourth-order valence-corrected chi connectivity index (χ4v) is 2.44. The van der Waals surface area contributed by atoms with Crippen molar-refractivity contribution in [3.63, 3.8) is 0 Å². The Hall–Kier alpha value is -1.29. The van der Waals surface area contributed by atoms with Gasteiger partial charge in [-0.15, -0.1) is 0 Å². The van der Waals surface area contributed by atoms with E-state index >= 15 is 0 Å². The SMILES string of the molecule is COCC1CCCN(c2nccc(C)c2N)C1. The second-order valence-electron chi connectivity index (χ2n) is 4.77. The number of methoxy groups -OCH3 is 1. The summed E-state index contributed by atoms with van der Waals surface area (Å²) in [5.74, 6) is 1.53. The van der Waals surface area contributed by atoms with Crippen LogP contribution in [-0.4, -0.2) is 31.8 Å². The maximum Gasteiger partial charge on any atom is 0.152 e. The van der Waals surface area contributed by atoms with Crippen LogP contribution in [0, 0.1) is 12.8 Å². The third-order valence-corrected chi connectivity index (χ3v) is 3.41. The van der Waals surface area contributed by atoms with E-state index in [1.165, 1.54) is 12.8 Å². The molecule has 2 heterocycles. The Morgan fingerprint density at radius 3 is 3.18 bits per heavy atom. The number of rotatable bonds is 3. The molecule has 2 N–H and O–H groups in total. The molecule has 1 atom stereocenters. The predicted octanol–water partition coefficient (Wildman–Crippen LogP) is 1.84. The molecule has 1 saturated heterocycles. The summed E-state index contributed by atoms with van der Waals surface area (Å²) in [7, 11) is 1.76. The first-order valence-corrected chi connectivity index (χ1v) is 6.17. The molecule has 4 nitrogen and oxygen atoms in total. The van der Waals surface area contributed by atoms with Crippen molar-refractivity contribution in [3.8, 4) is 0 Å². The molecule has 1 unspecified atom stereocenters. The molecule has 94 valence electrons. The first kappa shape index (κ1) is 12.2. The van der Waals surface area contributed by atoms with Crippen LogP contribution in [0.3, 0.4) is 0 Å². The molecule has 1 aromatic rings. The van der Waals surface area contributed by atoms with Gasteiger partial charge in [-0.25, -0.2) is 4.98 Å². The lowest BCUT2D eigenvalue weighted by molar-refractivity contribution is 0.143. The number of nitrogens with two attached hydrogens (primary N) is 1. The van der Waals surface area contributed by atoms with Gasteiger partial charge in [-0.3, -0.25) is 0 Å². The van der Waals surface area contributed by atoms with Crippen molar-refractivity contribution in [3.05, 3.63) is 17.8 Å². The van der Waals surface area contributed by atoms with E-state index in [9.17, 15) is 0 Å². The molecule has 0 aromatic carbocycles. The van der Waals surface area contributed by atoms with Gasteiger partial charge in [-0.2, -0.15) is 0 Å². The third-order valence-electron chi connectivity index (χ3n) is 3.41. The van der Waals surface area contributed by atoms with Crippen LogP contribution < -0.4 is 10.6 Å². The van der Waals surface area contributed by atoms with Crippen LogP contribution in [0.4, 0.5) is 11.5 Å². The topological polar surface area (TPSA) is 51.4 Å². The fraction of sp³-hybridized carbons (Fsp3) is 0.615. The van der Waals surface area contributed by atoms with Crippen molar-refractivity contribution in [1.82, 2.24) is 4.98 Å². The molecule has 0 radical (unpaired) electrons. The van der Waals surface area contributed by atoms with Crippen LogP contribution in [0.2, 0.25) is 0 Å². The number of piperidine rings is 1. The Kier molecular flexibility index (Phi) is 3.84. The zero-order chi connectivity index (χ0) is 12.3. The number of aryl methyl sites for hydroxylation is 1. The molecule has 0 amide bonds. The quantitative estimate of drug-likeness (QED) is 0.868. The van der Waals surface area contributed by atoms with Gasteiger partial charge in [0.15, 0.2) is 5.82 Å². The van der Waals surface area contributed by atoms with Crippen molar-refractivity contribution in [2.75, 3.05) is 37.4 Å². The molecule has 0 spiro atoms. The number of hydrogen-bond donors (Lipinski definition) is 1. The van der Waals surface area contributed by atoms with Gasteiger partial charge in [0.05, 0.1) is 12.3 Å². The monoisotopic (exact) mass is 235 g/mol. The zero-order valence-electron chi connectivity index (χ0n) is 10.6. The number of nitrogens with zero attached hydrogens (tertiary/aromatic N) is 2. The van der Waals surface area contributed by atoms with E-state index in [-0.39, 0.29) is 0 Å². The van der Waals surface area contributed by atoms with E-state index < -0.39 is 0 Å². The first-order valence-electron chi connectivity index (χ1n) is 6.17. The lowest BCUT2D eigenvalue weighted by Crippen LogP contribution is -2.38. The van der Waals surface area contributed by atoms with E-state index in [0.717, 1.165) is 36.8 Å². The van der Waals surface area contributed by atoms with Crippen molar-refractivity contribution in [2.24, 2.45) is 5.92 Å². The number of pyridine rings is 1. The number of nitrogen functional groups attached to an aromatic ring is 1. The highest BCUT2D eigenvalue weighted by Crippen LogP contribution is 2.27. The van der Waals surface area contributed by atoms with Crippen LogP contribution in [0.25, 0.3) is 0 Å². The third kappa shape index (κ3) is 2.69. The molecular formula is C13H21N3O. The number of hydrogen-bond acceptors (Lipinski definition) is 4. The summed E-state index contributed by atoms with van der Waals surface area (Å²) in [5, 5.41) is 0. The predicted molar refractivity (Wildman–Crippen MR) is 70.2 cm³/mol. The zero-order valence-corrected chi connectivity index (χ0v) is 10.6. The van der Waals surface area contributed by atoms with Crippen LogP contribution in [0.5, 0.6) is 0 Å². The van der Waals surface area contributed by atoms with Gasteiger partial charge >= 0.3 is 0 Å². The second kappa shape index (κ2) is 5.36. The number of anilines is 2. The highest BCUT2D eigenvalue weighted by Gasteiger charge is 2.22. The lowest BCUT2D eigenvalue weighted by Gasteiger charge is -2.34. The van der Waals surface area contributed by atoms with Crippen LogP contribution in [-0.2, 0) is 4.74 Å². The second-order valence-corrected chi connectivity index (χ2v) is 4.77. The average molecular weight is 235 g/mol. The Morgan fingerprint density at radius 1 is 1.59 bits per heavy atom. The highest BCUT2D eigenvalue weighted by molar-refractivity contribution is 5.66. The minimum Gasteiger partial charge on any atom is -0.396 e. The van der Waals surface area contributed by atoms with Crippen LogP contribution in [0.15, 0.2) is 12.3 Å². The molecular weight excluding hydrogens is 214 g/mol. The van der Waals surface area contributed by atoms with Crippen molar-refractivity contribution in [1.29, 1.82) is 0 Å². The van der Waals surface area contributed by atoms with E-state index in [2.05, 4.69) is 9.88 Å². The summed E-state index contributed by atoms with van der Waals surface area (Å²) in [6.07, 6.45) is 4.25. The molecule has 0 bridgehead atoms. The molecule has 4 heteroatoms. The molecule has 1 fully saturated rings. The lowest BCUT2D eigenvalue weighted by atomic mass is 9.99. The Bertz CT molecular complexity index is 379. The molecule has 2 rings (SSSR count). The molecule has 1 aliphatic heterocycles. The number of aromatic nitrogens is 1. The van der Waals surface area contributed by atoms with Crippen molar-refractivity contribution in [2.45, 2.75) is 19.8 Å². The maximum absolute atomic E-state index is 6.10. The molecule has 1 aliphatic rings. The normalized spacial score (nSPS) is 20.6. The Balaban J connectivity index is 2.13. The molecule has 1 aromatic heterocycles. The largest absolute Gasteiger partial charge is 0.396 e. The van der Waals surface area contributed by atoms with Crippen LogP contribution in [0.1, 0.15) is 18.4 Å². The van der Waals surface area contributed by atoms with E-state index in [4.69, 9.17) is 10.5 Å². The minimum absolute atomic E-state index is 0.593. The maximum atomic E-state index is 6.10. The van der Waals surface area contributed by atoms with Gasteiger partial charge in [0, 0.05) is 26.4 Å². The summed E-state index contributed by atoms with van der Waals surface area (Å²) in [5.41, 5.74) is 8.01. The highest BCUT2D eigenvalue weighted by atomic mass is 16.5. The summed E-state index contributed by atoms with van der Waals surface area (Å²) < 4.78 is 5.24. The van der Waals surface area contributed by atoms with E-state index in [0.29, 0.717) is 5.92 Å². The first-order chi connectivity index (χ1) is 8.22. The van der Waals surface area contributed by atoms with Crippen LogP contribution >= 0.6 is 0 Å². The standard InChI is InChI=1S/C13H21N3O/c1-10-5-6-15-13(12(10)14)16-7-3-4-11(8-16)9-17-2/h5-6,11H,3-4,7-9,14H2,1-2H3. The van der Waals surface area contributed by atoms with E-state index in [1.807, 2.05) is 19.2 Å². The van der Waals surface area contributed by atoms with E-state index in [1.54, 1.807) is 7.11 Å². The summed E-state index contributed by atoms with van der Waals surface area (Å²) >= 11 is 0. The molecule has 0 saturated carbocycles. The van der Waals surface area contributed by atoms with Gasteiger partial charge in [0.25, 0.3) is 0 Å². The smallest absolute Gasteiger partial charge is 0.152 e. The van der Waals surface area contributed by atoms with Gasteiger partial charge in [-0.1, -0.05) is 0 Å². The summed E-state index contributed by atoms with van der Waals surface area (Å²) in [6.45, 7) is 4.88. The molecule has 0 aliphatic carbocycles. The summed E-state index contributed by atoms with van der Waals surface area (Å²) in [4.78, 5) is 6.70. The van der Waals surface area contributed by atoms with Crippen molar-refractivity contribution >= 4 is 11.5 Å².